The van der Waals surface area contributed by atoms with Crippen molar-refractivity contribution < 1.29 is 26.9 Å². The molecule has 0 aromatic rings. The molecule has 0 bridgehead atoms. The Morgan fingerprint density at radius 3 is 2.36 bits per heavy atom. The van der Waals surface area contributed by atoms with Crippen LogP contribution in [-0.2, 0) is 0 Å². The Balaban J connectivity index is 4.18. The minimum atomic E-state index is -1.86. The average Bonchev–Trinajstić information content (AvgIpc) is 2.12. The van der Waals surface area contributed by atoms with Crippen LogP contribution in [0.4, 0.5) is 0 Å². The summed E-state index contributed by atoms with van der Waals surface area (Å²) in [7, 11) is 0. The van der Waals surface area contributed by atoms with Crippen LogP contribution in [-0.4, -0.2) is 56.3 Å². The van der Waals surface area contributed by atoms with Crippen LogP contribution < -0.4 is 0 Å². The third-order valence-electron chi connectivity index (χ3n) is 1.17. The largest absolute Gasteiger partial charge is 0.495 e. The van der Waals surface area contributed by atoms with Gasteiger partial charge in [0.2, 0.25) is 5.90 Å². The highest BCUT2D eigenvalue weighted by Gasteiger charge is 2.27. The molecule has 0 saturated carbocycles. The summed E-state index contributed by atoms with van der Waals surface area (Å²) in [6.45, 7) is -0.760. The first-order valence-corrected chi connectivity index (χ1v) is 2.90. The van der Waals surface area contributed by atoms with Crippen LogP contribution in [0.25, 0.3) is 0 Å². The van der Waals surface area contributed by atoms with E-state index < -0.39 is 30.8 Å². The molecular weight excluding hydrogens is 154 g/mol. The van der Waals surface area contributed by atoms with Crippen LogP contribution in [0.3, 0.4) is 0 Å². The minimum absolute atomic E-state index is 0.760. The van der Waals surface area contributed by atoms with Crippen molar-refractivity contribution in [2.24, 2.45) is 0 Å². The lowest BCUT2D eigenvalue weighted by Crippen LogP contribution is -2.43. The zero-order valence-corrected chi connectivity index (χ0v) is 5.62. The molecule has 0 unspecified atom stereocenters. The van der Waals surface area contributed by atoms with E-state index in [4.69, 9.17) is 26.9 Å². The Hall–Kier alpha value is -0.690. The van der Waals surface area contributed by atoms with Crippen molar-refractivity contribution >= 4 is 5.90 Å². The fourth-order valence-corrected chi connectivity index (χ4v) is 0.471. The van der Waals surface area contributed by atoms with E-state index in [9.17, 15) is 0 Å². The van der Waals surface area contributed by atoms with Crippen LogP contribution in [0.1, 0.15) is 0 Å². The molecule has 3 atom stereocenters. The Bertz CT molecular complexity index is 164. The fourth-order valence-electron chi connectivity index (χ4n) is 0.471. The van der Waals surface area contributed by atoms with E-state index in [2.05, 4.69) is 5.40 Å². The summed E-state index contributed by atoms with van der Waals surface area (Å²) < 4.78 is 6.25. The maximum absolute atomic E-state index is 8.90. The fraction of sp³-hybridized carbons (Fsp3) is 0.800. The lowest BCUT2D eigenvalue weighted by molar-refractivity contribution is -0.0594. The van der Waals surface area contributed by atoms with E-state index in [0.29, 0.717) is 0 Å². The second kappa shape index (κ2) is 4.24. The molecule has 6 N–H and O–H groups in total. The Kier molecular flexibility index (Phi) is 3.24. The van der Waals surface area contributed by atoms with Crippen LogP contribution in [0, 0.1) is 5.40 Å². The van der Waals surface area contributed by atoms with Crippen LogP contribution in [0.5, 0.6) is 0 Å². The van der Waals surface area contributed by atoms with E-state index in [1.807, 2.05) is 0 Å². The summed E-state index contributed by atoms with van der Waals surface area (Å²) in [6.07, 6.45) is -5.20. The molecule has 0 saturated heterocycles. The van der Waals surface area contributed by atoms with Gasteiger partial charge in [0.1, 0.15) is 12.2 Å². The molecule has 0 spiro atoms. The molecule has 0 radical (unpaired) electrons. The standard InChI is InChI=1S/C5H11NO5/c6-5(11)4(10)3(9)2(8)1-7/h2-4,7-10H,1H2,(H2,6,11)/t2-,3-,4-/m1/s1/i/hD. The maximum atomic E-state index is 8.90. The van der Waals surface area contributed by atoms with Gasteiger partial charge >= 0.3 is 0 Å². The monoisotopic (exact) mass is 166 g/mol. The number of nitrogens with one attached hydrogen (secondary N) is 1. The van der Waals surface area contributed by atoms with E-state index in [1.54, 1.807) is 0 Å². The summed E-state index contributed by atoms with van der Waals surface area (Å²) in [6, 6.07) is 0. The van der Waals surface area contributed by atoms with Gasteiger partial charge in [0, 0.05) is 0 Å². The predicted molar refractivity (Wildman–Crippen MR) is 35.5 cm³/mol. The highest BCUT2D eigenvalue weighted by atomic mass is 16.4. The Morgan fingerprint density at radius 1 is 1.45 bits per heavy atom. The first-order chi connectivity index (χ1) is 5.54. The maximum Gasteiger partial charge on any atom is 0.210 e. The molecular formula is C5H11NO5. The zero-order valence-electron chi connectivity index (χ0n) is 6.62. The molecule has 0 aliphatic heterocycles. The van der Waals surface area contributed by atoms with Crippen molar-refractivity contribution in [3.8, 4) is 0 Å². The summed E-state index contributed by atoms with van der Waals surface area (Å²) in [4.78, 5) is 0. The van der Waals surface area contributed by atoms with Gasteiger partial charge in [-0.1, -0.05) is 0 Å². The van der Waals surface area contributed by atoms with Gasteiger partial charge in [-0.05, 0) is 0 Å². The van der Waals surface area contributed by atoms with Gasteiger partial charge in [-0.2, -0.15) is 0 Å². The summed E-state index contributed by atoms with van der Waals surface area (Å²) in [5.74, 6) is -1.02. The summed E-state index contributed by atoms with van der Waals surface area (Å²) in [5, 5.41) is 45.9. The Labute approximate surface area is 64.3 Å². The minimum Gasteiger partial charge on any atom is -0.495 e. The first kappa shape index (κ1) is 8.41. The van der Waals surface area contributed by atoms with E-state index >= 15 is 0 Å². The van der Waals surface area contributed by atoms with Gasteiger partial charge in [0.15, 0.2) is 7.52 Å². The molecule has 11 heavy (non-hydrogen) atoms. The van der Waals surface area contributed by atoms with Crippen molar-refractivity contribution in [3.05, 3.63) is 0 Å². The molecule has 0 aliphatic rings. The highest BCUT2D eigenvalue weighted by Crippen LogP contribution is 1.99. The second-order valence-corrected chi connectivity index (χ2v) is 2.04. The average molecular weight is 166 g/mol. The van der Waals surface area contributed by atoms with E-state index in [0.717, 1.165) is 0 Å². The lowest BCUT2D eigenvalue weighted by atomic mass is 10.1. The van der Waals surface area contributed by atoms with Crippen molar-refractivity contribution in [2.45, 2.75) is 18.3 Å². The van der Waals surface area contributed by atoms with Crippen molar-refractivity contribution in [1.82, 2.24) is 0 Å². The highest BCUT2D eigenvalue weighted by molar-refractivity contribution is 5.75. The molecule has 0 aliphatic carbocycles. The lowest BCUT2D eigenvalue weighted by Gasteiger charge is -2.18. The normalized spacial score (nSPS) is 22.2. The van der Waals surface area contributed by atoms with Crippen molar-refractivity contribution in [2.75, 3.05) is 6.61 Å². The topological polar surface area (TPSA) is 125 Å². The molecule has 0 aromatic heterocycles. The van der Waals surface area contributed by atoms with E-state index in [1.165, 1.54) is 0 Å². The van der Waals surface area contributed by atoms with Crippen LogP contribution in [0.15, 0.2) is 0 Å². The molecule has 0 rings (SSSR count). The number of hydrogen-bond donors (Lipinski definition) is 6. The molecule has 0 heterocycles. The Morgan fingerprint density at radius 2 is 2.00 bits per heavy atom. The third-order valence-corrected chi connectivity index (χ3v) is 1.17. The van der Waals surface area contributed by atoms with Crippen LogP contribution >= 0.6 is 0 Å². The van der Waals surface area contributed by atoms with Gasteiger partial charge in [0.05, 0.1) is 6.61 Å². The predicted octanol–water partition coefficient (Wildman–Crippen LogP) is -2.40. The van der Waals surface area contributed by atoms with Gasteiger partial charge in [-0.25, -0.2) is 0 Å². The first-order valence-electron chi connectivity index (χ1n) is 3.35. The molecule has 66 valence electrons. The molecule has 0 amide bonds. The number of aliphatic hydroxyl groups is 5. The third kappa shape index (κ3) is 2.81. The molecule has 0 fully saturated rings. The van der Waals surface area contributed by atoms with Crippen molar-refractivity contribution in [3.63, 3.8) is 0 Å². The second-order valence-electron chi connectivity index (χ2n) is 2.04. The van der Waals surface area contributed by atoms with Gasteiger partial charge in [-0.3, -0.25) is 5.40 Å². The quantitative estimate of drug-likeness (QED) is 0.205. The number of aliphatic hydroxyl groups excluding tert-OH is 5. The SMILES string of the molecule is [2H]N=C(O)[C@H](O)[C@H](O)[C@H](O)CO. The molecule has 6 heteroatoms. The number of rotatable bonds is 4. The molecule has 6 nitrogen and oxygen atoms in total. The molecule has 0 aromatic carbocycles. The van der Waals surface area contributed by atoms with Crippen molar-refractivity contribution in [1.29, 1.82) is 5.40 Å². The van der Waals surface area contributed by atoms with Crippen LogP contribution in [0.2, 0.25) is 1.41 Å². The van der Waals surface area contributed by atoms with Gasteiger partial charge < -0.3 is 25.5 Å². The smallest absolute Gasteiger partial charge is 0.210 e. The number of hydrogen-bond acceptors (Lipinski definition) is 5. The summed E-state index contributed by atoms with van der Waals surface area (Å²) in [5.41, 5.74) is 0. The van der Waals surface area contributed by atoms with E-state index in [-0.39, 0.29) is 0 Å². The zero-order chi connectivity index (χ0) is 9.72. The van der Waals surface area contributed by atoms with Gasteiger partial charge in [-0.15, -0.1) is 0 Å². The summed E-state index contributed by atoms with van der Waals surface area (Å²) >= 11 is 0. The van der Waals surface area contributed by atoms with Gasteiger partial charge in [0.25, 0.3) is 0 Å².